The molecular weight excluding hydrogens is 1060 g/mol. The maximum atomic E-state index is 15.4. The van der Waals surface area contributed by atoms with Crippen molar-refractivity contribution in [2.24, 2.45) is 0 Å². The molecule has 0 fully saturated rings. The Labute approximate surface area is 406 Å². The van der Waals surface area contributed by atoms with E-state index in [9.17, 15) is 62.3 Å². The molecule has 0 saturated heterocycles. The van der Waals surface area contributed by atoms with Crippen molar-refractivity contribution in [3.05, 3.63) is 224 Å². The molecule has 0 atom stereocenters. The van der Waals surface area contributed by atoms with Crippen molar-refractivity contribution in [2.45, 2.75) is 17.9 Å². The summed E-state index contributed by atoms with van der Waals surface area (Å²) in [6.45, 7) is 0.181. The lowest BCUT2D eigenvalue weighted by atomic mass is 9.12. The van der Waals surface area contributed by atoms with Gasteiger partial charge in [-0.2, -0.15) is 4.57 Å². The van der Waals surface area contributed by atoms with Crippen LogP contribution in [0.25, 0.3) is 10.8 Å². The molecule has 0 spiro atoms. The van der Waals surface area contributed by atoms with E-state index in [0.29, 0.717) is 16.0 Å². The van der Waals surface area contributed by atoms with Crippen molar-refractivity contribution < 1.29 is 102 Å². The number of hydrogen-bond donors (Lipinski definition) is 1. The summed E-state index contributed by atoms with van der Waals surface area (Å²) < 4.78 is 296. The second-order valence-electron chi connectivity index (χ2n) is 15.7. The fourth-order valence-electron chi connectivity index (χ4n) is 8.37. The Morgan fingerprint density at radius 2 is 0.703 bits per heavy atom. The average molecular weight is 1080 g/mol. The second-order valence-corrected chi connectivity index (χ2v) is 16.2. The van der Waals surface area contributed by atoms with Gasteiger partial charge in [0.1, 0.15) is 52.7 Å². The van der Waals surface area contributed by atoms with Crippen LogP contribution in [0.4, 0.5) is 87.8 Å². The molecule has 7 aromatic carbocycles. The zero-order chi connectivity index (χ0) is 54.6. The van der Waals surface area contributed by atoms with E-state index in [-0.39, 0.29) is 24.5 Å². The Morgan fingerprint density at radius 1 is 0.378 bits per heavy atom. The van der Waals surface area contributed by atoms with E-state index in [1.54, 1.807) is 6.07 Å². The van der Waals surface area contributed by atoms with E-state index >= 15 is 35.1 Å². The summed E-state index contributed by atoms with van der Waals surface area (Å²) in [7, 11) is 0. The van der Waals surface area contributed by atoms with Gasteiger partial charge in [0, 0.05) is 27.5 Å². The Kier molecular flexibility index (Phi) is 15.1. The predicted molar refractivity (Wildman–Crippen MR) is 226 cm³/mol. The van der Waals surface area contributed by atoms with Crippen molar-refractivity contribution in [3.63, 3.8) is 0 Å². The Hall–Kier alpha value is -7.70. The molecule has 0 saturated carbocycles. The lowest BCUT2D eigenvalue weighted by Crippen LogP contribution is -2.81. The molecule has 1 aromatic heterocycles. The van der Waals surface area contributed by atoms with E-state index < -0.39 is 144 Å². The number of carbonyl (C=O) groups is 2. The number of hydrogen-bond acceptors (Lipinski definition) is 3. The molecule has 0 N–H and O–H groups in total. The summed E-state index contributed by atoms with van der Waals surface area (Å²) in [6.07, 6.45) is -5.13. The molecule has 382 valence electrons. The summed E-state index contributed by atoms with van der Waals surface area (Å²) >= 11 is 4.42. The minimum Gasteiger partial charge on any atom is -0.294 e. The van der Waals surface area contributed by atoms with Crippen LogP contribution in [0, 0.1) is 116 Å². The molecule has 8 rings (SSSR count). The van der Waals surface area contributed by atoms with Gasteiger partial charge in [0.15, 0.2) is 87.5 Å². The molecular formula is C49H20BF20NO2S. The number of benzene rings is 7. The topological polar surface area (TPSA) is 38.0 Å². The number of thiol groups is 1. The second kappa shape index (κ2) is 20.7. The van der Waals surface area contributed by atoms with E-state index in [1.165, 1.54) is 0 Å². The molecule has 1 heterocycles. The largest absolute Gasteiger partial charge is 0.294 e. The number of halogens is 20. The van der Waals surface area contributed by atoms with Crippen LogP contribution >= 0.6 is 12.6 Å². The van der Waals surface area contributed by atoms with Gasteiger partial charge in [-0.05, 0) is 17.5 Å². The van der Waals surface area contributed by atoms with E-state index in [2.05, 4.69) is 12.6 Å². The third-order valence-corrected chi connectivity index (χ3v) is 12.1. The fraction of sp³-hybridized carbons (Fsp3) is 0.0408. The summed E-state index contributed by atoms with van der Waals surface area (Å²) in [5, 5.41) is 2.01. The van der Waals surface area contributed by atoms with E-state index in [0.717, 1.165) is 16.5 Å². The number of pyridine rings is 1. The van der Waals surface area contributed by atoms with E-state index in [1.807, 2.05) is 89.6 Å². The molecule has 25 heteroatoms. The average Bonchev–Trinajstić information content (AvgIpc) is 3.39. The van der Waals surface area contributed by atoms with Gasteiger partial charge < -0.3 is 0 Å². The molecule has 74 heavy (non-hydrogen) atoms. The van der Waals surface area contributed by atoms with Gasteiger partial charge in [0.2, 0.25) is 12.3 Å². The SMILES string of the molecule is Fc1c(F)c(F)c([B-](c2c(F)c(F)c(F)c(F)c2F)(c2c(F)c(F)c(F)c(F)c2F)c2c(F)c(F)c(F)c(F)c2F)c(F)c1F.O=C(C[n+]1ccc2ccccc2c1CC(=O)c1ccccc1S)c1ccccc1. The smallest absolute Gasteiger partial charge is 0.227 e. The molecule has 0 aliphatic heterocycles. The number of fused-ring (bicyclic) bond motifs is 1. The van der Waals surface area contributed by atoms with Crippen LogP contribution in [0.5, 0.6) is 0 Å². The summed E-state index contributed by atoms with van der Waals surface area (Å²) in [5.74, 6) is -71.4. The summed E-state index contributed by atoms with van der Waals surface area (Å²) in [5.41, 5.74) is -12.3. The highest BCUT2D eigenvalue weighted by Gasteiger charge is 2.52. The lowest BCUT2D eigenvalue weighted by molar-refractivity contribution is -0.688. The molecule has 0 unspecified atom stereocenters. The number of aromatic nitrogens is 1. The predicted octanol–water partition coefficient (Wildman–Crippen LogP) is 10.6. The monoisotopic (exact) mass is 1080 g/mol. The van der Waals surface area contributed by atoms with Gasteiger partial charge in [-0.25, -0.2) is 87.8 Å². The number of carbonyl (C=O) groups excluding carboxylic acids is 2. The first-order valence-corrected chi connectivity index (χ1v) is 20.8. The quantitative estimate of drug-likeness (QED) is 0.0282. The van der Waals surface area contributed by atoms with Crippen LogP contribution in [0.15, 0.2) is 96.0 Å². The van der Waals surface area contributed by atoms with Gasteiger partial charge in [-0.15, -0.1) is 34.5 Å². The lowest BCUT2D eigenvalue weighted by Gasteiger charge is -2.44. The maximum Gasteiger partial charge on any atom is 0.227 e. The van der Waals surface area contributed by atoms with Crippen LogP contribution in [0.1, 0.15) is 26.4 Å². The highest BCUT2D eigenvalue weighted by atomic mass is 32.1. The third kappa shape index (κ3) is 8.78. The molecule has 8 aromatic rings. The van der Waals surface area contributed by atoms with Gasteiger partial charge in [0.05, 0.1) is 6.42 Å². The highest BCUT2D eigenvalue weighted by Crippen LogP contribution is 2.31. The van der Waals surface area contributed by atoms with Crippen molar-refractivity contribution in [3.8, 4) is 0 Å². The standard InChI is InChI=1S/C25H19NO2S.C24BF20/c27-23(21-12-6-7-13-25(21)29)16-22-20-11-5-4-8-18(20)14-15-26(22)17-24(28)19-9-2-1-3-10-19;26-5-1(6(27)14(35)21(42)13(5)34)25(2-7(28)15(36)22(43)16(37)8(2)29,3-9(30)17(38)23(44)18(39)10(3)31)4-11(32)19(40)24(45)20(41)12(4)33/h1-15H,16-17H2;/q;-1/p+1. The van der Waals surface area contributed by atoms with Crippen molar-refractivity contribution in [1.29, 1.82) is 0 Å². The fourth-order valence-corrected chi connectivity index (χ4v) is 8.65. The summed E-state index contributed by atoms with van der Waals surface area (Å²) in [4.78, 5) is 26.5. The molecule has 0 aliphatic rings. The molecule has 3 nitrogen and oxygen atoms in total. The molecule has 0 amide bonds. The first-order valence-electron chi connectivity index (χ1n) is 20.4. The van der Waals surface area contributed by atoms with Crippen LogP contribution < -0.4 is 26.4 Å². The molecule has 0 radical (unpaired) electrons. The van der Waals surface area contributed by atoms with Gasteiger partial charge >= 0.3 is 0 Å². The van der Waals surface area contributed by atoms with Gasteiger partial charge in [-0.1, -0.05) is 66.7 Å². The summed E-state index contributed by atoms with van der Waals surface area (Å²) in [6, 6.07) is 26.4. The highest BCUT2D eigenvalue weighted by molar-refractivity contribution is 7.80. The normalized spacial score (nSPS) is 11.5. The number of ketones is 2. The first-order chi connectivity index (χ1) is 34.8. The number of nitrogens with zero attached hydrogens (tertiary/aromatic N) is 1. The van der Waals surface area contributed by atoms with Crippen LogP contribution in [-0.4, -0.2) is 17.7 Å². The zero-order valence-corrected chi connectivity index (χ0v) is 36.8. The van der Waals surface area contributed by atoms with E-state index in [4.69, 9.17) is 0 Å². The maximum absolute atomic E-state index is 15.4. The van der Waals surface area contributed by atoms with Crippen molar-refractivity contribution >= 4 is 63.0 Å². The van der Waals surface area contributed by atoms with Gasteiger partial charge in [-0.3, -0.25) is 9.59 Å². The number of Topliss-reactive ketones (excluding diaryl/α,β-unsaturated/α-hetero) is 2. The Balaban J connectivity index is 0.000000237. The van der Waals surface area contributed by atoms with Crippen molar-refractivity contribution in [2.75, 3.05) is 0 Å². The minimum absolute atomic E-state index is 0.00850. The van der Waals surface area contributed by atoms with Crippen LogP contribution in [0.3, 0.4) is 0 Å². The Morgan fingerprint density at radius 3 is 1.08 bits per heavy atom. The Bertz CT molecular complexity index is 3260. The minimum atomic E-state index is -7.22. The number of rotatable bonds is 10. The van der Waals surface area contributed by atoms with Crippen molar-refractivity contribution in [1.82, 2.24) is 0 Å². The molecule has 0 aliphatic carbocycles. The van der Waals surface area contributed by atoms with Crippen LogP contribution in [0.2, 0.25) is 0 Å². The first kappa shape index (κ1) is 54.1. The molecule has 0 bridgehead atoms. The third-order valence-electron chi connectivity index (χ3n) is 11.7. The zero-order valence-electron chi connectivity index (χ0n) is 35.9. The van der Waals surface area contributed by atoms with Gasteiger partial charge in [0.25, 0.3) is 0 Å². The van der Waals surface area contributed by atoms with Crippen LogP contribution in [-0.2, 0) is 13.0 Å².